The Balaban J connectivity index is 2.05. The molecule has 2 rings (SSSR count). The van der Waals surface area contributed by atoms with Gasteiger partial charge in [0.05, 0.1) is 11.1 Å². The highest BCUT2D eigenvalue weighted by molar-refractivity contribution is 6.30. The highest BCUT2D eigenvalue weighted by Crippen LogP contribution is 2.32. The number of hydrogen-bond donors (Lipinski definition) is 1. The van der Waals surface area contributed by atoms with Crippen molar-refractivity contribution in [2.45, 2.75) is 51.2 Å². The first kappa shape index (κ1) is 18.7. The van der Waals surface area contributed by atoms with Gasteiger partial charge in [-0.15, -0.1) is 0 Å². The van der Waals surface area contributed by atoms with Gasteiger partial charge in [0, 0.05) is 32.1 Å². The lowest BCUT2D eigenvalue weighted by atomic mass is 9.99. The number of nitrogens with zero attached hydrogens (tertiary/aromatic N) is 2. The normalized spacial score (nSPS) is 20.6. The van der Waals surface area contributed by atoms with Crippen molar-refractivity contribution in [2.24, 2.45) is 0 Å². The Morgan fingerprint density at radius 3 is 2.79 bits per heavy atom. The maximum atomic E-state index is 13.8. The third kappa shape index (κ3) is 5.47. The average Bonchev–Trinajstić information content (AvgIpc) is 2.44. The van der Waals surface area contributed by atoms with E-state index in [1.807, 2.05) is 0 Å². The van der Waals surface area contributed by atoms with Crippen molar-refractivity contribution in [1.29, 1.82) is 0 Å². The number of alkyl halides is 2. The number of piperidine rings is 1. The molecular formula is C16H22ClF2N3O2. The van der Waals surface area contributed by atoms with E-state index >= 15 is 0 Å². The molecule has 1 atom stereocenters. The Morgan fingerprint density at radius 1 is 1.50 bits per heavy atom. The first-order chi connectivity index (χ1) is 11.1. The van der Waals surface area contributed by atoms with Crippen LogP contribution in [0, 0.1) is 0 Å². The number of pyridine rings is 1. The summed E-state index contributed by atoms with van der Waals surface area (Å²) < 4.78 is 32.9. The summed E-state index contributed by atoms with van der Waals surface area (Å²) in [4.78, 5) is 17.7. The summed E-state index contributed by atoms with van der Waals surface area (Å²) in [6.07, 6.45) is 0.119. The van der Waals surface area contributed by atoms with Crippen molar-refractivity contribution in [1.82, 2.24) is 9.88 Å². The number of likely N-dealkylation sites (tertiary alicyclic amines) is 1. The van der Waals surface area contributed by atoms with E-state index in [1.54, 1.807) is 32.9 Å². The molecule has 1 aromatic heterocycles. The van der Waals surface area contributed by atoms with Crippen LogP contribution in [0.3, 0.4) is 0 Å². The first-order valence-electron chi connectivity index (χ1n) is 7.79. The van der Waals surface area contributed by atoms with E-state index in [-0.39, 0.29) is 19.5 Å². The van der Waals surface area contributed by atoms with Crippen LogP contribution < -0.4 is 5.32 Å². The fraction of sp³-hybridized carbons (Fsp3) is 0.625. The average molecular weight is 362 g/mol. The fourth-order valence-corrected chi connectivity index (χ4v) is 2.58. The van der Waals surface area contributed by atoms with Crippen molar-refractivity contribution < 1.29 is 18.3 Å². The monoisotopic (exact) mass is 361 g/mol. The Morgan fingerprint density at radius 2 is 2.21 bits per heavy atom. The van der Waals surface area contributed by atoms with E-state index in [0.717, 1.165) is 0 Å². The second-order valence-corrected chi connectivity index (χ2v) is 7.32. The van der Waals surface area contributed by atoms with Gasteiger partial charge in [-0.2, -0.15) is 0 Å². The SMILES string of the molecule is CC(C)(C)OC(=O)N1CCC(F)(F)CC1CNc1ccc(Cl)cn1. The number of carbonyl (C=O) groups is 1. The molecule has 1 saturated heterocycles. The van der Waals surface area contributed by atoms with E-state index in [2.05, 4.69) is 10.3 Å². The Kier molecular flexibility index (Phi) is 5.52. The second kappa shape index (κ2) is 7.09. The van der Waals surface area contributed by atoms with Crippen LogP contribution in [0.25, 0.3) is 0 Å². The van der Waals surface area contributed by atoms with Crippen molar-refractivity contribution >= 4 is 23.5 Å². The van der Waals surface area contributed by atoms with Gasteiger partial charge < -0.3 is 15.0 Å². The van der Waals surface area contributed by atoms with Crippen LogP contribution in [0.4, 0.5) is 19.4 Å². The molecule has 1 N–H and O–H groups in total. The van der Waals surface area contributed by atoms with Crippen LogP contribution in [0.5, 0.6) is 0 Å². The van der Waals surface area contributed by atoms with E-state index in [9.17, 15) is 13.6 Å². The molecule has 0 radical (unpaired) electrons. The van der Waals surface area contributed by atoms with Crippen molar-refractivity contribution in [3.8, 4) is 0 Å². The van der Waals surface area contributed by atoms with E-state index in [4.69, 9.17) is 16.3 Å². The largest absolute Gasteiger partial charge is 0.444 e. The fourth-order valence-electron chi connectivity index (χ4n) is 2.47. The van der Waals surface area contributed by atoms with Crippen molar-refractivity contribution in [3.63, 3.8) is 0 Å². The smallest absolute Gasteiger partial charge is 0.410 e. The second-order valence-electron chi connectivity index (χ2n) is 6.88. The lowest BCUT2D eigenvalue weighted by molar-refractivity contribution is -0.0773. The molecule has 24 heavy (non-hydrogen) atoms. The number of halogens is 3. The number of aromatic nitrogens is 1. The van der Waals surface area contributed by atoms with Crippen LogP contribution in [-0.4, -0.2) is 46.6 Å². The number of hydrogen-bond acceptors (Lipinski definition) is 4. The van der Waals surface area contributed by atoms with E-state index in [1.165, 1.54) is 11.1 Å². The zero-order chi connectivity index (χ0) is 18.0. The van der Waals surface area contributed by atoms with Gasteiger partial charge in [-0.3, -0.25) is 0 Å². The predicted octanol–water partition coefficient (Wildman–Crippen LogP) is 4.18. The summed E-state index contributed by atoms with van der Waals surface area (Å²) in [5.41, 5.74) is -0.674. The maximum absolute atomic E-state index is 13.8. The van der Waals surface area contributed by atoms with Crippen LogP contribution in [0.2, 0.25) is 5.02 Å². The van der Waals surface area contributed by atoms with Gasteiger partial charge in [0.15, 0.2) is 0 Å². The van der Waals surface area contributed by atoms with Gasteiger partial charge in [-0.1, -0.05) is 11.6 Å². The molecule has 0 spiro atoms. The summed E-state index contributed by atoms with van der Waals surface area (Å²) in [5.74, 6) is -2.28. The van der Waals surface area contributed by atoms with Gasteiger partial charge >= 0.3 is 6.09 Å². The van der Waals surface area contributed by atoms with Crippen molar-refractivity contribution in [3.05, 3.63) is 23.4 Å². The van der Waals surface area contributed by atoms with Gasteiger partial charge in [-0.25, -0.2) is 18.6 Å². The molecule has 2 heterocycles. The van der Waals surface area contributed by atoms with Gasteiger partial charge in [0.25, 0.3) is 5.92 Å². The first-order valence-corrected chi connectivity index (χ1v) is 8.16. The van der Waals surface area contributed by atoms with Gasteiger partial charge in [0.2, 0.25) is 0 Å². The molecule has 1 amide bonds. The summed E-state index contributed by atoms with van der Waals surface area (Å²) in [6, 6.07) is 2.63. The molecule has 8 heteroatoms. The summed E-state index contributed by atoms with van der Waals surface area (Å²) >= 11 is 5.77. The predicted molar refractivity (Wildman–Crippen MR) is 88.6 cm³/mol. The van der Waals surface area contributed by atoms with Crippen LogP contribution in [-0.2, 0) is 4.74 Å². The number of amides is 1. The number of ether oxygens (including phenoxy) is 1. The van der Waals surface area contributed by atoms with E-state index in [0.29, 0.717) is 10.8 Å². The molecule has 1 aromatic rings. The highest BCUT2D eigenvalue weighted by Gasteiger charge is 2.43. The molecule has 0 aliphatic carbocycles. The summed E-state index contributed by atoms with van der Waals surface area (Å²) in [6.45, 7) is 5.35. The number of anilines is 1. The Hall–Kier alpha value is -1.63. The van der Waals surface area contributed by atoms with Crippen LogP contribution >= 0.6 is 11.6 Å². The van der Waals surface area contributed by atoms with Crippen molar-refractivity contribution in [2.75, 3.05) is 18.4 Å². The molecule has 5 nitrogen and oxygen atoms in total. The maximum Gasteiger partial charge on any atom is 0.410 e. The molecule has 1 fully saturated rings. The molecule has 134 valence electrons. The molecule has 0 bridgehead atoms. The molecular weight excluding hydrogens is 340 g/mol. The quantitative estimate of drug-likeness (QED) is 0.877. The molecule has 1 aliphatic rings. The topological polar surface area (TPSA) is 54.5 Å². The molecule has 1 unspecified atom stereocenters. The Labute approximate surface area is 145 Å². The minimum atomic E-state index is -2.79. The third-order valence-electron chi connectivity index (χ3n) is 3.57. The van der Waals surface area contributed by atoms with E-state index < -0.39 is 30.1 Å². The Bertz CT molecular complexity index is 576. The summed E-state index contributed by atoms with van der Waals surface area (Å²) in [5, 5.41) is 3.46. The minimum absolute atomic E-state index is 0.0394. The van der Waals surface area contributed by atoms with Crippen LogP contribution in [0.1, 0.15) is 33.6 Å². The van der Waals surface area contributed by atoms with Gasteiger partial charge in [0.1, 0.15) is 11.4 Å². The number of nitrogens with one attached hydrogen (secondary N) is 1. The van der Waals surface area contributed by atoms with Gasteiger partial charge in [-0.05, 0) is 32.9 Å². The summed E-state index contributed by atoms with van der Waals surface area (Å²) in [7, 11) is 0. The highest BCUT2D eigenvalue weighted by atomic mass is 35.5. The lowest BCUT2D eigenvalue weighted by Gasteiger charge is -2.39. The zero-order valence-corrected chi connectivity index (χ0v) is 14.7. The molecule has 0 aromatic carbocycles. The number of rotatable bonds is 3. The third-order valence-corrected chi connectivity index (χ3v) is 3.79. The lowest BCUT2D eigenvalue weighted by Crippen LogP contribution is -2.53. The standard InChI is InChI=1S/C16H22ClF2N3O2/c1-15(2,3)24-14(23)22-7-6-16(18,19)8-12(22)10-21-13-5-4-11(17)9-20-13/h4-5,9,12H,6-8,10H2,1-3H3,(H,20,21). The molecule has 1 aliphatic heterocycles. The minimum Gasteiger partial charge on any atom is -0.444 e. The molecule has 0 saturated carbocycles. The number of carbonyl (C=O) groups excluding carboxylic acids is 1. The van der Waals surface area contributed by atoms with Crippen LogP contribution in [0.15, 0.2) is 18.3 Å². The zero-order valence-electron chi connectivity index (χ0n) is 14.0.